The summed E-state index contributed by atoms with van der Waals surface area (Å²) in [5.41, 5.74) is -0.677. The Bertz CT molecular complexity index is 1340. The summed E-state index contributed by atoms with van der Waals surface area (Å²) < 4.78 is 10.9. The lowest BCUT2D eigenvalue weighted by molar-refractivity contribution is 0.0692. The predicted molar refractivity (Wildman–Crippen MR) is 111 cm³/mol. The Morgan fingerprint density at radius 1 is 1.10 bits per heavy atom. The number of carboxylic acids is 1. The van der Waals surface area contributed by atoms with Crippen molar-refractivity contribution in [3.63, 3.8) is 0 Å². The molecule has 7 nitrogen and oxygen atoms in total. The van der Waals surface area contributed by atoms with Crippen LogP contribution in [0.4, 0.5) is 5.00 Å². The molecule has 8 heteroatoms. The van der Waals surface area contributed by atoms with E-state index in [1.165, 1.54) is 18.1 Å². The number of benzene rings is 2. The fraction of sp³-hybridized carbons (Fsp3) is 0.0952. The zero-order valence-corrected chi connectivity index (χ0v) is 16.3. The molecule has 2 aromatic heterocycles. The number of hydrogen-bond acceptors (Lipinski definition) is 6. The van der Waals surface area contributed by atoms with Crippen molar-refractivity contribution < 1.29 is 23.8 Å². The normalized spacial score (nSPS) is 11.0. The highest BCUT2D eigenvalue weighted by Gasteiger charge is 2.21. The molecular formula is C21H15NO6S. The fourth-order valence-corrected chi connectivity index (χ4v) is 4.06. The van der Waals surface area contributed by atoms with Gasteiger partial charge in [-0.3, -0.25) is 4.79 Å². The fourth-order valence-electron chi connectivity index (χ4n) is 3.07. The van der Waals surface area contributed by atoms with E-state index in [2.05, 4.69) is 0 Å². The highest BCUT2D eigenvalue weighted by atomic mass is 32.1. The topological polar surface area (TPSA) is 97.0 Å². The van der Waals surface area contributed by atoms with E-state index in [-0.39, 0.29) is 11.5 Å². The Kier molecular flexibility index (Phi) is 4.56. The van der Waals surface area contributed by atoms with E-state index in [4.69, 9.17) is 14.3 Å². The molecule has 0 bridgehead atoms. The molecule has 1 amide bonds. The molecule has 1 N–H and O–H groups in total. The van der Waals surface area contributed by atoms with Gasteiger partial charge in [-0.25, -0.2) is 9.59 Å². The molecule has 0 unspecified atom stereocenters. The maximum Gasteiger partial charge on any atom is 0.351 e. The Labute approximate surface area is 168 Å². The van der Waals surface area contributed by atoms with Crippen molar-refractivity contribution in [2.75, 3.05) is 19.1 Å². The van der Waals surface area contributed by atoms with Crippen molar-refractivity contribution in [2.24, 2.45) is 0 Å². The molecule has 2 aromatic carbocycles. The van der Waals surface area contributed by atoms with E-state index >= 15 is 0 Å². The maximum absolute atomic E-state index is 13.2. The van der Waals surface area contributed by atoms with Gasteiger partial charge in [0.15, 0.2) is 5.58 Å². The quantitative estimate of drug-likeness (QED) is 0.547. The number of amides is 1. The molecule has 0 aliphatic heterocycles. The van der Waals surface area contributed by atoms with Crippen molar-refractivity contribution in [1.82, 2.24) is 0 Å². The number of methoxy groups -OCH3 is 1. The summed E-state index contributed by atoms with van der Waals surface area (Å²) in [7, 11) is 3.15. The van der Waals surface area contributed by atoms with Crippen LogP contribution in [-0.4, -0.2) is 31.1 Å². The molecule has 4 rings (SSSR count). The number of carbonyl (C=O) groups is 2. The summed E-state index contributed by atoms with van der Waals surface area (Å²) in [5, 5.41) is 11.3. The van der Waals surface area contributed by atoms with Gasteiger partial charge in [-0.15, -0.1) is 11.3 Å². The van der Waals surface area contributed by atoms with Crippen molar-refractivity contribution in [1.29, 1.82) is 0 Å². The third kappa shape index (κ3) is 3.23. The van der Waals surface area contributed by atoms with Crippen LogP contribution < -0.4 is 15.3 Å². The first-order chi connectivity index (χ1) is 13.9. The van der Waals surface area contributed by atoms with Gasteiger partial charge in [0.25, 0.3) is 5.91 Å². The molecule has 4 aromatic rings. The first kappa shape index (κ1) is 18.7. The summed E-state index contributed by atoms with van der Waals surface area (Å²) >= 11 is 1.16. The van der Waals surface area contributed by atoms with E-state index in [0.29, 0.717) is 21.0 Å². The van der Waals surface area contributed by atoms with E-state index in [0.717, 1.165) is 22.1 Å². The van der Waals surface area contributed by atoms with Crippen LogP contribution in [0.1, 0.15) is 20.7 Å². The summed E-state index contributed by atoms with van der Waals surface area (Å²) in [6.07, 6.45) is 0. The number of hydrogen-bond donors (Lipinski definition) is 1. The van der Waals surface area contributed by atoms with Crippen LogP contribution in [0.5, 0.6) is 5.75 Å². The lowest BCUT2D eigenvalue weighted by Crippen LogP contribution is -2.25. The number of nitrogens with zero attached hydrogens (tertiary/aromatic N) is 1. The number of aromatic carboxylic acids is 1. The largest absolute Gasteiger partial charge is 0.497 e. The number of anilines is 1. The van der Waals surface area contributed by atoms with Crippen LogP contribution in [0.3, 0.4) is 0 Å². The summed E-state index contributed by atoms with van der Waals surface area (Å²) in [6, 6.07) is 13.8. The Hall–Kier alpha value is -3.65. The first-order valence-corrected chi connectivity index (χ1v) is 9.36. The highest BCUT2D eigenvalue weighted by molar-refractivity contribution is 7.22. The minimum atomic E-state index is -1.36. The zero-order chi connectivity index (χ0) is 20.7. The molecule has 0 spiro atoms. The molecule has 0 saturated heterocycles. The van der Waals surface area contributed by atoms with E-state index in [1.54, 1.807) is 19.2 Å². The summed E-state index contributed by atoms with van der Waals surface area (Å²) in [5.74, 6) is -1.07. The van der Waals surface area contributed by atoms with E-state index < -0.39 is 17.2 Å². The lowest BCUT2D eigenvalue weighted by Gasteiger charge is -2.17. The highest BCUT2D eigenvalue weighted by Crippen LogP contribution is 2.34. The average molecular weight is 409 g/mol. The standard InChI is InChI=1S/C21H15NO6S/c1-22(18-10-16-17(29-18)9-15(20(24)25)21(26)28-16)19(23)14-8-12(27-2)7-11-5-3-4-6-13(11)14/h3-10H,1-2H3,(H,24,25). The van der Waals surface area contributed by atoms with Crippen LogP contribution >= 0.6 is 11.3 Å². The second kappa shape index (κ2) is 7.06. The molecule has 0 atom stereocenters. The van der Waals surface area contributed by atoms with Crippen LogP contribution in [0.15, 0.2) is 57.7 Å². The van der Waals surface area contributed by atoms with Crippen LogP contribution in [-0.2, 0) is 0 Å². The van der Waals surface area contributed by atoms with Gasteiger partial charge in [-0.05, 0) is 29.0 Å². The maximum atomic E-state index is 13.2. The number of carboxylic acid groups (broad SMARTS) is 1. The SMILES string of the molecule is COc1cc(C(=O)N(C)c2cc3oc(=O)c(C(=O)O)cc3s2)c2ccccc2c1. The Morgan fingerprint density at radius 2 is 1.86 bits per heavy atom. The molecule has 146 valence electrons. The molecule has 0 fully saturated rings. The minimum Gasteiger partial charge on any atom is -0.497 e. The van der Waals surface area contributed by atoms with Crippen molar-refractivity contribution in [3.05, 3.63) is 70.1 Å². The zero-order valence-electron chi connectivity index (χ0n) is 15.5. The molecular weight excluding hydrogens is 394 g/mol. The van der Waals surface area contributed by atoms with Gasteiger partial charge < -0.3 is 19.2 Å². The number of ether oxygens (including phenoxy) is 1. The van der Waals surface area contributed by atoms with Crippen molar-refractivity contribution in [2.45, 2.75) is 0 Å². The second-order valence-electron chi connectivity index (χ2n) is 6.33. The minimum absolute atomic E-state index is 0.232. The first-order valence-electron chi connectivity index (χ1n) is 8.55. The lowest BCUT2D eigenvalue weighted by atomic mass is 10.0. The number of rotatable bonds is 4. The Balaban J connectivity index is 1.80. The van der Waals surface area contributed by atoms with Gasteiger partial charge in [0, 0.05) is 13.1 Å². The van der Waals surface area contributed by atoms with Crippen LogP contribution in [0.2, 0.25) is 0 Å². The number of thiophene rings is 1. The van der Waals surface area contributed by atoms with Gasteiger partial charge in [0.2, 0.25) is 0 Å². The van der Waals surface area contributed by atoms with Gasteiger partial charge in [-0.2, -0.15) is 0 Å². The monoisotopic (exact) mass is 409 g/mol. The van der Waals surface area contributed by atoms with Gasteiger partial charge in [0.05, 0.1) is 17.4 Å². The molecule has 29 heavy (non-hydrogen) atoms. The van der Waals surface area contributed by atoms with E-state index in [1.807, 2.05) is 30.3 Å². The molecule has 0 aliphatic rings. The third-order valence-electron chi connectivity index (χ3n) is 4.58. The van der Waals surface area contributed by atoms with Crippen LogP contribution in [0.25, 0.3) is 21.1 Å². The van der Waals surface area contributed by atoms with Gasteiger partial charge in [-0.1, -0.05) is 24.3 Å². The molecule has 0 saturated carbocycles. The van der Waals surface area contributed by atoms with Crippen molar-refractivity contribution >= 4 is 49.3 Å². The molecule has 0 aliphatic carbocycles. The summed E-state index contributed by atoms with van der Waals surface area (Å²) in [4.78, 5) is 37.6. The number of carbonyl (C=O) groups excluding carboxylic acids is 1. The van der Waals surface area contributed by atoms with Crippen molar-refractivity contribution in [3.8, 4) is 5.75 Å². The van der Waals surface area contributed by atoms with E-state index in [9.17, 15) is 14.4 Å². The summed E-state index contributed by atoms with van der Waals surface area (Å²) in [6.45, 7) is 0. The third-order valence-corrected chi connectivity index (χ3v) is 5.72. The predicted octanol–water partition coefficient (Wildman–Crippen LogP) is 3.99. The average Bonchev–Trinajstić information content (AvgIpc) is 3.13. The van der Waals surface area contributed by atoms with Crippen LogP contribution in [0, 0.1) is 0 Å². The van der Waals surface area contributed by atoms with Gasteiger partial charge >= 0.3 is 11.6 Å². The smallest absolute Gasteiger partial charge is 0.351 e. The number of fused-ring (bicyclic) bond motifs is 2. The molecule has 2 heterocycles. The second-order valence-corrected chi connectivity index (χ2v) is 7.39. The Morgan fingerprint density at radius 3 is 2.59 bits per heavy atom. The van der Waals surface area contributed by atoms with Gasteiger partial charge in [0.1, 0.15) is 16.3 Å². The molecule has 0 radical (unpaired) electrons.